The van der Waals surface area contributed by atoms with Gasteiger partial charge in [0.2, 0.25) is 11.8 Å². The van der Waals surface area contributed by atoms with Crippen LogP contribution in [0.15, 0.2) is 48.5 Å². The van der Waals surface area contributed by atoms with Crippen LogP contribution in [0.1, 0.15) is 36.7 Å². The molecule has 2 aromatic carbocycles. The number of nitrogens with one attached hydrogen (secondary N) is 1. The quantitative estimate of drug-likeness (QED) is 0.665. The molecule has 1 aliphatic heterocycles. The van der Waals surface area contributed by atoms with Crippen molar-refractivity contribution in [1.29, 1.82) is 0 Å². The zero-order valence-electron chi connectivity index (χ0n) is 19.1. The maximum absolute atomic E-state index is 13.3. The fourth-order valence-corrected chi connectivity index (χ4v) is 4.50. The topological polar surface area (TPSA) is 69.7 Å². The zero-order chi connectivity index (χ0) is 24.1. The molecule has 0 aromatic heterocycles. The number of carbonyl (C=O) groups is 3. The fraction of sp³-hybridized carbons (Fsp3) is 0.400. The first-order valence-corrected chi connectivity index (χ1v) is 11.8. The maximum atomic E-state index is 13.3. The van der Waals surface area contributed by atoms with E-state index < -0.39 is 11.9 Å². The van der Waals surface area contributed by atoms with Gasteiger partial charge in [-0.25, -0.2) is 0 Å². The first-order chi connectivity index (χ1) is 15.7. The molecule has 8 heteroatoms. The van der Waals surface area contributed by atoms with Crippen molar-refractivity contribution in [3.63, 3.8) is 0 Å². The summed E-state index contributed by atoms with van der Waals surface area (Å²) in [4.78, 5) is 42.5. The molecule has 0 aliphatic carbocycles. The first kappa shape index (κ1) is 25.1. The van der Waals surface area contributed by atoms with Gasteiger partial charge in [-0.2, -0.15) is 0 Å². The third kappa shape index (κ3) is 6.27. The standard InChI is InChI=1S/C25H29Cl2N3O3/c1-16(2)23(28-24(32)20-10-9-19(26)14-21(20)27)25(33)29-11-12-30(17(3)15-29)22(31)13-18-7-5-4-6-8-18/h4-10,14,16-17,23H,11-13,15H2,1-3H3,(H,28,32). The minimum atomic E-state index is -0.706. The number of amides is 3. The number of hydrogen-bond acceptors (Lipinski definition) is 3. The van der Waals surface area contributed by atoms with Crippen LogP contribution in [0.25, 0.3) is 0 Å². The first-order valence-electron chi connectivity index (χ1n) is 11.1. The van der Waals surface area contributed by atoms with Gasteiger partial charge in [0.05, 0.1) is 17.0 Å². The average Bonchev–Trinajstić information content (AvgIpc) is 2.77. The molecule has 2 aromatic rings. The monoisotopic (exact) mass is 489 g/mol. The van der Waals surface area contributed by atoms with E-state index in [2.05, 4.69) is 5.32 Å². The fourth-order valence-electron chi connectivity index (χ4n) is 4.00. The van der Waals surface area contributed by atoms with Gasteiger partial charge in [-0.1, -0.05) is 67.4 Å². The van der Waals surface area contributed by atoms with Crippen LogP contribution in [-0.4, -0.2) is 59.2 Å². The smallest absolute Gasteiger partial charge is 0.253 e. The summed E-state index contributed by atoms with van der Waals surface area (Å²) in [5.74, 6) is -0.661. The van der Waals surface area contributed by atoms with Gasteiger partial charge in [-0.3, -0.25) is 14.4 Å². The van der Waals surface area contributed by atoms with Crippen LogP contribution in [0.3, 0.4) is 0 Å². The van der Waals surface area contributed by atoms with E-state index in [1.807, 2.05) is 56.0 Å². The predicted octanol–water partition coefficient (Wildman–Crippen LogP) is 4.05. The molecule has 1 fully saturated rings. The van der Waals surface area contributed by atoms with Gasteiger partial charge in [-0.15, -0.1) is 0 Å². The van der Waals surface area contributed by atoms with E-state index in [1.165, 1.54) is 6.07 Å². The predicted molar refractivity (Wildman–Crippen MR) is 130 cm³/mol. The van der Waals surface area contributed by atoms with Gasteiger partial charge < -0.3 is 15.1 Å². The second-order valence-corrected chi connectivity index (χ2v) is 9.55. The summed E-state index contributed by atoms with van der Waals surface area (Å²) < 4.78 is 0. The molecule has 1 heterocycles. The van der Waals surface area contributed by atoms with Crippen LogP contribution >= 0.6 is 23.2 Å². The third-order valence-corrected chi connectivity index (χ3v) is 6.40. The Morgan fingerprint density at radius 1 is 1.06 bits per heavy atom. The molecule has 0 spiro atoms. The van der Waals surface area contributed by atoms with Crippen molar-refractivity contribution in [2.75, 3.05) is 19.6 Å². The van der Waals surface area contributed by atoms with Crippen molar-refractivity contribution in [3.05, 3.63) is 69.7 Å². The largest absolute Gasteiger partial charge is 0.340 e. The number of benzene rings is 2. The summed E-state index contributed by atoms with van der Waals surface area (Å²) in [7, 11) is 0. The van der Waals surface area contributed by atoms with Crippen molar-refractivity contribution >= 4 is 40.9 Å². The van der Waals surface area contributed by atoms with E-state index in [1.54, 1.807) is 17.0 Å². The van der Waals surface area contributed by atoms with Crippen LogP contribution in [0.4, 0.5) is 0 Å². The molecular formula is C25H29Cl2N3O3. The van der Waals surface area contributed by atoms with Crippen LogP contribution in [0.5, 0.6) is 0 Å². The number of piperazine rings is 1. The third-order valence-electron chi connectivity index (χ3n) is 5.85. The highest BCUT2D eigenvalue weighted by Crippen LogP contribution is 2.22. The Hall–Kier alpha value is -2.57. The highest BCUT2D eigenvalue weighted by Gasteiger charge is 2.34. The second-order valence-electron chi connectivity index (χ2n) is 8.70. The lowest BCUT2D eigenvalue weighted by molar-refractivity contribution is -0.143. The number of halogens is 2. The Labute approximate surface area is 204 Å². The van der Waals surface area contributed by atoms with Gasteiger partial charge >= 0.3 is 0 Å². The molecule has 33 heavy (non-hydrogen) atoms. The van der Waals surface area contributed by atoms with Crippen molar-refractivity contribution in [3.8, 4) is 0 Å². The van der Waals surface area contributed by atoms with Gasteiger partial charge in [-0.05, 0) is 36.6 Å². The highest BCUT2D eigenvalue weighted by molar-refractivity contribution is 6.36. The number of hydrogen-bond donors (Lipinski definition) is 1. The van der Waals surface area contributed by atoms with E-state index in [4.69, 9.17) is 23.2 Å². The van der Waals surface area contributed by atoms with Gasteiger partial charge in [0.1, 0.15) is 6.04 Å². The van der Waals surface area contributed by atoms with Crippen molar-refractivity contribution in [2.24, 2.45) is 5.92 Å². The SMILES string of the molecule is CC(C)C(NC(=O)c1ccc(Cl)cc1Cl)C(=O)N1CCN(C(=O)Cc2ccccc2)C(C)C1. The van der Waals surface area contributed by atoms with Crippen molar-refractivity contribution < 1.29 is 14.4 Å². The number of carbonyl (C=O) groups excluding carboxylic acids is 3. The van der Waals surface area contributed by atoms with E-state index in [0.29, 0.717) is 31.1 Å². The summed E-state index contributed by atoms with van der Waals surface area (Å²) in [5.41, 5.74) is 1.24. The van der Waals surface area contributed by atoms with E-state index >= 15 is 0 Å². The van der Waals surface area contributed by atoms with Crippen LogP contribution in [-0.2, 0) is 16.0 Å². The summed E-state index contributed by atoms with van der Waals surface area (Å²) in [5, 5.41) is 3.50. The van der Waals surface area contributed by atoms with E-state index in [-0.39, 0.29) is 34.4 Å². The Balaban J connectivity index is 1.64. The van der Waals surface area contributed by atoms with Gasteiger partial charge in [0.25, 0.3) is 5.91 Å². The Kier molecular flexibility index (Phi) is 8.38. The second kappa shape index (κ2) is 11.0. The normalized spacial score (nSPS) is 17.1. The maximum Gasteiger partial charge on any atom is 0.253 e. The molecule has 3 amide bonds. The summed E-state index contributed by atoms with van der Waals surface area (Å²) in [6.45, 7) is 7.01. The molecule has 2 atom stereocenters. The van der Waals surface area contributed by atoms with Crippen molar-refractivity contribution in [2.45, 2.75) is 39.3 Å². The molecule has 1 saturated heterocycles. The molecular weight excluding hydrogens is 461 g/mol. The van der Waals surface area contributed by atoms with E-state index in [9.17, 15) is 14.4 Å². The van der Waals surface area contributed by atoms with Crippen LogP contribution in [0.2, 0.25) is 10.0 Å². The number of nitrogens with zero attached hydrogens (tertiary/aromatic N) is 2. The lowest BCUT2D eigenvalue weighted by Gasteiger charge is -2.41. The van der Waals surface area contributed by atoms with Gasteiger partial charge in [0, 0.05) is 30.7 Å². The van der Waals surface area contributed by atoms with Crippen LogP contribution < -0.4 is 5.32 Å². The summed E-state index contributed by atoms with van der Waals surface area (Å²) >= 11 is 12.1. The molecule has 0 saturated carbocycles. The highest BCUT2D eigenvalue weighted by atomic mass is 35.5. The molecule has 0 radical (unpaired) electrons. The lowest BCUT2D eigenvalue weighted by Crippen LogP contribution is -2.60. The molecule has 1 N–H and O–H groups in total. The molecule has 0 bridgehead atoms. The minimum absolute atomic E-state index is 0.0480. The molecule has 2 unspecified atom stereocenters. The van der Waals surface area contributed by atoms with E-state index in [0.717, 1.165) is 5.56 Å². The van der Waals surface area contributed by atoms with Crippen molar-refractivity contribution in [1.82, 2.24) is 15.1 Å². The lowest BCUT2D eigenvalue weighted by atomic mass is 10.0. The Bertz CT molecular complexity index is 1010. The summed E-state index contributed by atoms with van der Waals surface area (Å²) in [6.07, 6.45) is 0.339. The molecule has 3 rings (SSSR count). The minimum Gasteiger partial charge on any atom is -0.340 e. The Morgan fingerprint density at radius 3 is 2.36 bits per heavy atom. The molecule has 176 valence electrons. The molecule has 1 aliphatic rings. The zero-order valence-corrected chi connectivity index (χ0v) is 20.6. The van der Waals surface area contributed by atoms with Crippen LogP contribution in [0, 0.1) is 5.92 Å². The van der Waals surface area contributed by atoms with Gasteiger partial charge in [0.15, 0.2) is 0 Å². The Morgan fingerprint density at radius 2 is 1.76 bits per heavy atom. The summed E-state index contributed by atoms with van der Waals surface area (Å²) in [6, 6.07) is 13.4. The average molecular weight is 490 g/mol. The number of rotatable bonds is 6. The molecule has 6 nitrogen and oxygen atoms in total.